The van der Waals surface area contributed by atoms with Crippen LogP contribution in [0.15, 0.2) is 17.0 Å². The van der Waals surface area contributed by atoms with Gasteiger partial charge in [-0.15, -0.1) is 0 Å². The number of carboxylic acids is 1. The Hall–Kier alpha value is -1.47. The molecule has 116 valence electrons. The number of hydrogen-bond donors (Lipinski definition) is 1. The number of sulfone groups is 1. The maximum absolute atomic E-state index is 13.7. The Morgan fingerprint density at radius 1 is 1.33 bits per heavy atom. The zero-order valence-electron chi connectivity index (χ0n) is 11.8. The van der Waals surface area contributed by atoms with Crippen LogP contribution < -0.4 is 0 Å². The minimum atomic E-state index is -3.61. The number of aryl methyl sites for hydroxylation is 1. The highest BCUT2D eigenvalue weighted by molar-refractivity contribution is 7.91. The van der Waals surface area contributed by atoms with Crippen LogP contribution in [0.1, 0.15) is 28.8 Å². The van der Waals surface area contributed by atoms with E-state index in [0.717, 1.165) is 32.0 Å². The number of carboxylic acid groups (broad SMARTS) is 1. The average molecular weight is 315 g/mol. The summed E-state index contributed by atoms with van der Waals surface area (Å²) in [4.78, 5) is 12.9. The van der Waals surface area contributed by atoms with Gasteiger partial charge in [0.2, 0.25) is 0 Å². The molecule has 0 bridgehead atoms. The molecular formula is C14H18FNO4S. The second kappa shape index (κ2) is 6.11. The summed E-state index contributed by atoms with van der Waals surface area (Å²) in [6, 6.07) is 2.10. The maximum Gasteiger partial charge on any atom is 0.338 e. The topological polar surface area (TPSA) is 74.7 Å². The first-order valence-electron chi connectivity index (χ1n) is 6.80. The monoisotopic (exact) mass is 315 g/mol. The Morgan fingerprint density at radius 3 is 2.52 bits per heavy atom. The summed E-state index contributed by atoms with van der Waals surface area (Å²) < 4.78 is 38.2. The standard InChI is InChI=1S/C14H18FNO4S/c1-10-8-11(9-12(13(10)15)14(17)18)21(19,20)7-6-16-4-2-3-5-16/h8-9H,2-7H2,1H3,(H,17,18). The van der Waals surface area contributed by atoms with Gasteiger partial charge in [0.1, 0.15) is 5.82 Å². The molecule has 0 amide bonds. The van der Waals surface area contributed by atoms with Gasteiger partial charge < -0.3 is 10.0 Å². The Morgan fingerprint density at radius 2 is 1.95 bits per heavy atom. The molecule has 0 saturated carbocycles. The summed E-state index contributed by atoms with van der Waals surface area (Å²) in [6.07, 6.45) is 2.14. The summed E-state index contributed by atoms with van der Waals surface area (Å²) in [6.45, 7) is 3.55. The number of rotatable bonds is 5. The first kappa shape index (κ1) is 15.9. The minimum absolute atomic E-state index is 0.0228. The van der Waals surface area contributed by atoms with Gasteiger partial charge in [0, 0.05) is 6.54 Å². The van der Waals surface area contributed by atoms with E-state index in [1.807, 2.05) is 0 Å². The molecule has 21 heavy (non-hydrogen) atoms. The highest BCUT2D eigenvalue weighted by atomic mass is 32.2. The van der Waals surface area contributed by atoms with E-state index < -0.39 is 27.2 Å². The van der Waals surface area contributed by atoms with Crippen molar-refractivity contribution in [1.82, 2.24) is 4.90 Å². The number of benzene rings is 1. The van der Waals surface area contributed by atoms with Crippen LogP contribution in [0.2, 0.25) is 0 Å². The number of carbonyl (C=O) groups is 1. The van der Waals surface area contributed by atoms with E-state index in [2.05, 4.69) is 4.90 Å². The Kier molecular flexibility index (Phi) is 4.63. The summed E-state index contributed by atoms with van der Waals surface area (Å²) in [5, 5.41) is 8.94. The molecular weight excluding hydrogens is 297 g/mol. The fourth-order valence-corrected chi connectivity index (χ4v) is 3.83. The van der Waals surface area contributed by atoms with Crippen LogP contribution in [0.25, 0.3) is 0 Å². The molecule has 1 heterocycles. The number of nitrogens with zero attached hydrogens (tertiary/aromatic N) is 1. The van der Waals surface area contributed by atoms with Crippen LogP contribution in [-0.2, 0) is 9.84 Å². The van der Waals surface area contributed by atoms with Crippen molar-refractivity contribution in [3.8, 4) is 0 Å². The Balaban J connectivity index is 2.24. The van der Waals surface area contributed by atoms with Gasteiger partial charge >= 0.3 is 5.97 Å². The summed E-state index contributed by atoms with van der Waals surface area (Å²) in [7, 11) is -3.61. The summed E-state index contributed by atoms with van der Waals surface area (Å²) >= 11 is 0. The van der Waals surface area contributed by atoms with E-state index in [0.29, 0.717) is 6.54 Å². The zero-order chi connectivity index (χ0) is 15.6. The Bertz CT molecular complexity index is 651. The van der Waals surface area contributed by atoms with E-state index in [4.69, 9.17) is 5.11 Å². The molecule has 7 heteroatoms. The lowest BCUT2D eigenvalue weighted by Crippen LogP contribution is -2.26. The molecule has 0 unspecified atom stereocenters. The van der Waals surface area contributed by atoms with Gasteiger partial charge in [-0.1, -0.05) is 0 Å². The number of aromatic carboxylic acids is 1. The van der Waals surface area contributed by atoms with Gasteiger partial charge in [0.15, 0.2) is 9.84 Å². The van der Waals surface area contributed by atoms with E-state index in [1.54, 1.807) is 0 Å². The second-order valence-electron chi connectivity index (χ2n) is 5.27. The first-order valence-corrected chi connectivity index (χ1v) is 8.45. The molecule has 1 saturated heterocycles. The van der Waals surface area contributed by atoms with Crippen molar-refractivity contribution in [2.75, 3.05) is 25.4 Å². The van der Waals surface area contributed by atoms with Crippen molar-refractivity contribution >= 4 is 15.8 Å². The van der Waals surface area contributed by atoms with Gasteiger partial charge in [-0.05, 0) is 50.6 Å². The van der Waals surface area contributed by atoms with Crippen LogP contribution in [0.5, 0.6) is 0 Å². The second-order valence-corrected chi connectivity index (χ2v) is 7.38. The molecule has 1 aromatic rings. The van der Waals surface area contributed by atoms with E-state index in [9.17, 15) is 17.6 Å². The smallest absolute Gasteiger partial charge is 0.338 e. The quantitative estimate of drug-likeness (QED) is 0.837. The van der Waals surface area contributed by atoms with Crippen molar-refractivity contribution in [3.05, 3.63) is 29.1 Å². The van der Waals surface area contributed by atoms with E-state index in [1.165, 1.54) is 13.0 Å². The van der Waals surface area contributed by atoms with E-state index in [-0.39, 0.29) is 16.2 Å². The minimum Gasteiger partial charge on any atom is -0.478 e. The normalized spacial score (nSPS) is 16.3. The molecule has 1 fully saturated rings. The lowest BCUT2D eigenvalue weighted by molar-refractivity contribution is 0.0691. The SMILES string of the molecule is Cc1cc(S(=O)(=O)CCN2CCCC2)cc(C(=O)O)c1F. The molecule has 1 N–H and O–H groups in total. The lowest BCUT2D eigenvalue weighted by Gasteiger charge is -2.15. The van der Waals surface area contributed by atoms with Crippen LogP contribution in [0.3, 0.4) is 0 Å². The van der Waals surface area contributed by atoms with Gasteiger partial charge in [-0.25, -0.2) is 17.6 Å². The molecule has 1 aromatic carbocycles. The van der Waals surface area contributed by atoms with Crippen molar-refractivity contribution in [2.24, 2.45) is 0 Å². The van der Waals surface area contributed by atoms with Gasteiger partial charge in [0.05, 0.1) is 16.2 Å². The zero-order valence-corrected chi connectivity index (χ0v) is 12.6. The average Bonchev–Trinajstić information content (AvgIpc) is 2.92. The summed E-state index contributed by atoms with van der Waals surface area (Å²) in [5.41, 5.74) is -0.579. The van der Waals surface area contributed by atoms with E-state index >= 15 is 0 Å². The molecule has 2 rings (SSSR count). The molecule has 0 spiro atoms. The predicted molar refractivity (Wildman–Crippen MR) is 75.8 cm³/mol. The predicted octanol–water partition coefficient (Wildman–Crippen LogP) is 1.70. The van der Waals surface area contributed by atoms with Crippen LogP contribution in [-0.4, -0.2) is 49.8 Å². The molecule has 0 radical (unpaired) electrons. The van der Waals surface area contributed by atoms with Crippen molar-refractivity contribution < 1.29 is 22.7 Å². The maximum atomic E-state index is 13.7. The molecule has 0 aromatic heterocycles. The molecule has 1 aliphatic heterocycles. The third kappa shape index (κ3) is 3.59. The number of hydrogen-bond acceptors (Lipinski definition) is 4. The van der Waals surface area contributed by atoms with Gasteiger partial charge in [-0.3, -0.25) is 0 Å². The lowest BCUT2D eigenvalue weighted by atomic mass is 10.1. The first-order chi connectivity index (χ1) is 9.81. The Labute approximate surface area is 123 Å². The highest BCUT2D eigenvalue weighted by Crippen LogP contribution is 2.21. The third-order valence-corrected chi connectivity index (χ3v) is 5.37. The van der Waals surface area contributed by atoms with Crippen LogP contribution >= 0.6 is 0 Å². The molecule has 0 aliphatic carbocycles. The van der Waals surface area contributed by atoms with Gasteiger partial charge in [0.25, 0.3) is 0 Å². The molecule has 0 atom stereocenters. The largest absolute Gasteiger partial charge is 0.478 e. The fourth-order valence-electron chi connectivity index (χ4n) is 2.44. The summed E-state index contributed by atoms with van der Waals surface area (Å²) in [5.74, 6) is -2.44. The molecule has 1 aliphatic rings. The fraction of sp³-hybridized carbons (Fsp3) is 0.500. The van der Waals surface area contributed by atoms with Crippen molar-refractivity contribution in [3.63, 3.8) is 0 Å². The van der Waals surface area contributed by atoms with Crippen molar-refractivity contribution in [1.29, 1.82) is 0 Å². The number of halogens is 1. The van der Waals surface area contributed by atoms with Crippen LogP contribution in [0, 0.1) is 12.7 Å². The third-order valence-electron chi connectivity index (χ3n) is 3.69. The highest BCUT2D eigenvalue weighted by Gasteiger charge is 2.22. The van der Waals surface area contributed by atoms with Crippen molar-refractivity contribution in [2.45, 2.75) is 24.7 Å². The van der Waals surface area contributed by atoms with Crippen LogP contribution in [0.4, 0.5) is 4.39 Å². The molecule has 5 nitrogen and oxygen atoms in total. The van der Waals surface area contributed by atoms with Gasteiger partial charge in [-0.2, -0.15) is 0 Å². The number of likely N-dealkylation sites (tertiary alicyclic amines) is 1.